The topological polar surface area (TPSA) is 39.2 Å². The molecule has 1 aromatic carbocycles. The quantitative estimate of drug-likeness (QED) is 0.796. The SMILES string of the molecule is COC(=O)c1csc(-c2ccc(F)cc2Br)n1. The molecule has 6 heteroatoms. The first-order chi connectivity index (χ1) is 8.11. The summed E-state index contributed by atoms with van der Waals surface area (Å²) >= 11 is 4.56. The fraction of sp³-hybridized carbons (Fsp3) is 0.0909. The molecule has 2 aromatic rings. The lowest BCUT2D eigenvalue weighted by atomic mass is 10.2. The number of thiazole rings is 1. The summed E-state index contributed by atoms with van der Waals surface area (Å²) in [6, 6.07) is 4.31. The van der Waals surface area contributed by atoms with Gasteiger partial charge in [0.15, 0.2) is 5.69 Å². The van der Waals surface area contributed by atoms with Crippen LogP contribution in [0.3, 0.4) is 0 Å². The zero-order valence-corrected chi connectivity index (χ0v) is 11.1. The molecule has 1 heterocycles. The van der Waals surface area contributed by atoms with Gasteiger partial charge in [0.25, 0.3) is 0 Å². The van der Waals surface area contributed by atoms with E-state index in [-0.39, 0.29) is 11.5 Å². The van der Waals surface area contributed by atoms with Gasteiger partial charge in [0.1, 0.15) is 10.8 Å². The van der Waals surface area contributed by atoms with Gasteiger partial charge in [-0.3, -0.25) is 0 Å². The average Bonchev–Trinajstić information content (AvgIpc) is 2.77. The molecule has 0 N–H and O–H groups in total. The fourth-order valence-corrected chi connectivity index (χ4v) is 2.76. The van der Waals surface area contributed by atoms with E-state index in [1.165, 1.54) is 30.6 Å². The van der Waals surface area contributed by atoms with Crippen LogP contribution in [-0.2, 0) is 4.74 Å². The Labute approximate surface area is 109 Å². The molecule has 0 bridgehead atoms. The van der Waals surface area contributed by atoms with Crippen molar-refractivity contribution >= 4 is 33.2 Å². The van der Waals surface area contributed by atoms with Crippen LogP contribution in [0.25, 0.3) is 10.6 Å². The summed E-state index contributed by atoms with van der Waals surface area (Å²) in [5, 5.41) is 2.24. The maximum Gasteiger partial charge on any atom is 0.357 e. The van der Waals surface area contributed by atoms with E-state index in [4.69, 9.17) is 0 Å². The molecule has 0 aliphatic carbocycles. The molecule has 1 aromatic heterocycles. The van der Waals surface area contributed by atoms with E-state index in [1.807, 2.05) is 0 Å². The molecule has 0 aliphatic heterocycles. The molecule has 0 amide bonds. The highest BCUT2D eigenvalue weighted by molar-refractivity contribution is 9.10. The van der Waals surface area contributed by atoms with Crippen LogP contribution in [0.2, 0.25) is 0 Å². The van der Waals surface area contributed by atoms with Crippen molar-refractivity contribution in [1.82, 2.24) is 4.98 Å². The van der Waals surface area contributed by atoms with E-state index >= 15 is 0 Å². The lowest BCUT2D eigenvalue weighted by Crippen LogP contribution is -2.00. The number of ether oxygens (including phenoxy) is 1. The molecule has 0 fully saturated rings. The van der Waals surface area contributed by atoms with Gasteiger partial charge in [-0.1, -0.05) is 0 Å². The number of hydrogen-bond acceptors (Lipinski definition) is 4. The predicted octanol–water partition coefficient (Wildman–Crippen LogP) is 3.50. The Morgan fingerprint density at radius 1 is 1.53 bits per heavy atom. The van der Waals surface area contributed by atoms with Crippen molar-refractivity contribution < 1.29 is 13.9 Å². The lowest BCUT2D eigenvalue weighted by molar-refractivity contribution is 0.0595. The highest BCUT2D eigenvalue weighted by Gasteiger charge is 2.13. The number of nitrogens with zero attached hydrogens (tertiary/aromatic N) is 1. The van der Waals surface area contributed by atoms with Gasteiger partial charge < -0.3 is 4.74 Å². The van der Waals surface area contributed by atoms with Crippen molar-refractivity contribution in [3.63, 3.8) is 0 Å². The monoisotopic (exact) mass is 315 g/mol. The van der Waals surface area contributed by atoms with Crippen molar-refractivity contribution in [1.29, 1.82) is 0 Å². The molecule has 0 saturated heterocycles. The molecular formula is C11H7BrFNO2S. The van der Waals surface area contributed by atoms with Gasteiger partial charge in [-0.25, -0.2) is 14.2 Å². The van der Waals surface area contributed by atoms with E-state index < -0.39 is 5.97 Å². The first-order valence-electron chi connectivity index (χ1n) is 4.61. The highest BCUT2D eigenvalue weighted by Crippen LogP contribution is 2.31. The van der Waals surface area contributed by atoms with Gasteiger partial charge in [0.2, 0.25) is 0 Å². The Kier molecular flexibility index (Phi) is 3.54. The maximum atomic E-state index is 12.9. The minimum atomic E-state index is -0.481. The molecule has 0 unspecified atom stereocenters. The lowest BCUT2D eigenvalue weighted by Gasteiger charge is -2.00. The first-order valence-corrected chi connectivity index (χ1v) is 6.28. The zero-order valence-electron chi connectivity index (χ0n) is 8.74. The number of hydrogen-bond donors (Lipinski definition) is 0. The van der Waals surface area contributed by atoms with Crippen LogP contribution in [0.5, 0.6) is 0 Å². The maximum absolute atomic E-state index is 12.9. The van der Waals surface area contributed by atoms with Crippen molar-refractivity contribution in [2.24, 2.45) is 0 Å². The number of carbonyl (C=O) groups excluding carboxylic acids is 1. The Balaban J connectivity index is 2.40. The second kappa shape index (κ2) is 4.93. The third kappa shape index (κ3) is 2.53. The summed E-state index contributed by atoms with van der Waals surface area (Å²) < 4.78 is 18.1. The number of methoxy groups -OCH3 is 1. The smallest absolute Gasteiger partial charge is 0.357 e. The number of benzene rings is 1. The molecule has 0 atom stereocenters. The third-order valence-corrected chi connectivity index (χ3v) is 3.59. The van der Waals surface area contributed by atoms with Crippen LogP contribution >= 0.6 is 27.3 Å². The van der Waals surface area contributed by atoms with Crippen LogP contribution in [0.1, 0.15) is 10.5 Å². The standard InChI is InChI=1S/C11H7BrFNO2S/c1-16-11(15)9-5-17-10(14-9)7-3-2-6(13)4-8(7)12/h2-5H,1H3. The molecule has 3 nitrogen and oxygen atoms in total. The van der Waals surface area contributed by atoms with Crippen LogP contribution in [0.4, 0.5) is 4.39 Å². The number of esters is 1. The third-order valence-electron chi connectivity index (χ3n) is 2.06. The van der Waals surface area contributed by atoms with Gasteiger partial charge in [-0.15, -0.1) is 11.3 Å². The summed E-state index contributed by atoms with van der Waals surface area (Å²) in [4.78, 5) is 15.4. The van der Waals surface area contributed by atoms with Crippen molar-refractivity contribution in [2.45, 2.75) is 0 Å². The van der Waals surface area contributed by atoms with Crippen LogP contribution in [0, 0.1) is 5.82 Å². The summed E-state index contributed by atoms with van der Waals surface area (Å²) in [6.07, 6.45) is 0. The molecule has 2 rings (SSSR count). The largest absolute Gasteiger partial charge is 0.464 e. The Morgan fingerprint density at radius 3 is 2.94 bits per heavy atom. The molecule has 88 valence electrons. The summed E-state index contributed by atoms with van der Waals surface area (Å²) in [5.41, 5.74) is 0.996. The molecule has 0 aliphatic rings. The number of halogens is 2. The number of carbonyl (C=O) groups is 1. The first kappa shape index (κ1) is 12.2. The van der Waals surface area contributed by atoms with Gasteiger partial charge in [0, 0.05) is 15.4 Å². The van der Waals surface area contributed by atoms with Gasteiger partial charge in [-0.2, -0.15) is 0 Å². The van der Waals surface area contributed by atoms with Crippen molar-refractivity contribution in [3.05, 3.63) is 39.6 Å². The minimum absolute atomic E-state index is 0.253. The molecule has 0 spiro atoms. The Hall–Kier alpha value is -1.27. The van der Waals surface area contributed by atoms with E-state index in [2.05, 4.69) is 25.7 Å². The second-order valence-electron chi connectivity index (χ2n) is 3.15. The van der Waals surface area contributed by atoms with E-state index in [9.17, 15) is 9.18 Å². The fourth-order valence-electron chi connectivity index (χ4n) is 1.26. The average molecular weight is 316 g/mol. The Bertz CT molecular complexity index is 570. The normalized spacial score (nSPS) is 10.3. The summed E-state index contributed by atoms with van der Waals surface area (Å²) in [6.45, 7) is 0. The van der Waals surface area contributed by atoms with Gasteiger partial charge >= 0.3 is 5.97 Å². The molecule has 0 radical (unpaired) electrons. The summed E-state index contributed by atoms with van der Waals surface area (Å²) in [7, 11) is 1.30. The van der Waals surface area contributed by atoms with Gasteiger partial charge in [-0.05, 0) is 34.1 Å². The molecule has 17 heavy (non-hydrogen) atoms. The van der Waals surface area contributed by atoms with Crippen molar-refractivity contribution in [3.8, 4) is 10.6 Å². The molecular weight excluding hydrogens is 309 g/mol. The van der Waals surface area contributed by atoms with E-state index in [0.29, 0.717) is 9.48 Å². The second-order valence-corrected chi connectivity index (χ2v) is 4.87. The van der Waals surface area contributed by atoms with E-state index in [0.717, 1.165) is 5.56 Å². The van der Waals surface area contributed by atoms with Crippen LogP contribution in [-0.4, -0.2) is 18.1 Å². The predicted molar refractivity (Wildman–Crippen MR) is 66.5 cm³/mol. The van der Waals surface area contributed by atoms with Crippen molar-refractivity contribution in [2.75, 3.05) is 7.11 Å². The highest BCUT2D eigenvalue weighted by atomic mass is 79.9. The number of rotatable bonds is 2. The summed E-state index contributed by atoms with van der Waals surface area (Å²) in [5.74, 6) is -0.809. The minimum Gasteiger partial charge on any atom is -0.464 e. The molecule has 0 saturated carbocycles. The van der Waals surface area contributed by atoms with Crippen LogP contribution < -0.4 is 0 Å². The number of aromatic nitrogens is 1. The zero-order chi connectivity index (χ0) is 12.4. The van der Waals surface area contributed by atoms with Crippen LogP contribution in [0.15, 0.2) is 28.1 Å². The Morgan fingerprint density at radius 2 is 2.29 bits per heavy atom. The van der Waals surface area contributed by atoms with E-state index in [1.54, 1.807) is 11.4 Å². The van der Waals surface area contributed by atoms with Gasteiger partial charge in [0.05, 0.1) is 7.11 Å².